The van der Waals surface area contributed by atoms with Crippen LogP contribution < -0.4 is 10.6 Å². The van der Waals surface area contributed by atoms with Crippen LogP contribution in [0.5, 0.6) is 0 Å². The molecule has 2 fully saturated rings. The highest BCUT2D eigenvalue weighted by atomic mass is 16.5. The second-order valence-corrected chi connectivity index (χ2v) is 7.68. The summed E-state index contributed by atoms with van der Waals surface area (Å²) in [6.45, 7) is 3.29. The number of ether oxygens (including phenoxy) is 1. The average Bonchev–Trinajstić information content (AvgIpc) is 3.15. The second-order valence-electron chi connectivity index (χ2n) is 7.68. The number of hydrogen-bond acceptors (Lipinski definition) is 5. The Morgan fingerprint density at radius 1 is 1.15 bits per heavy atom. The summed E-state index contributed by atoms with van der Waals surface area (Å²) in [5.74, 6) is 0.0615. The quantitative estimate of drug-likeness (QED) is 0.678. The van der Waals surface area contributed by atoms with Gasteiger partial charge in [0.15, 0.2) is 0 Å². The molecule has 2 aliphatic rings. The van der Waals surface area contributed by atoms with Crippen molar-refractivity contribution in [1.82, 2.24) is 25.4 Å². The third-order valence-electron chi connectivity index (χ3n) is 5.56. The summed E-state index contributed by atoms with van der Waals surface area (Å²) in [4.78, 5) is 25.0. The van der Waals surface area contributed by atoms with Crippen LogP contribution in [0.15, 0.2) is 12.7 Å². The van der Waals surface area contributed by atoms with Crippen LogP contribution in [0.2, 0.25) is 0 Å². The molecule has 150 valence electrons. The first kappa shape index (κ1) is 19.8. The van der Waals surface area contributed by atoms with Crippen LogP contribution in [0.1, 0.15) is 58.3 Å². The van der Waals surface area contributed by atoms with Gasteiger partial charge >= 0.3 is 0 Å². The number of rotatable bonds is 9. The minimum atomic E-state index is -0.115. The molecule has 1 aromatic heterocycles. The zero-order valence-corrected chi connectivity index (χ0v) is 16.1. The van der Waals surface area contributed by atoms with Crippen molar-refractivity contribution in [2.24, 2.45) is 5.92 Å². The minimum absolute atomic E-state index is 0.0171. The van der Waals surface area contributed by atoms with E-state index < -0.39 is 0 Å². The lowest BCUT2D eigenvalue weighted by Crippen LogP contribution is -2.52. The van der Waals surface area contributed by atoms with Crippen molar-refractivity contribution in [3.63, 3.8) is 0 Å². The largest absolute Gasteiger partial charge is 0.376 e. The molecular weight excluding hydrogens is 346 g/mol. The Kier molecular flexibility index (Phi) is 7.20. The Balaban J connectivity index is 1.52. The molecule has 0 aliphatic heterocycles. The Labute approximate surface area is 160 Å². The molecule has 0 bridgehead atoms. The van der Waals surface area contributed by atoms with E-state index in [-0.39, 0.29) is 29.9 Å². The maximum Gasteiger partial charge on any atom is 0.223 e. The van der Waals surface area contributed by atoms with Crippen molar-refractivity contribution in [2.45, 2.75) is 83.0 Å². The van der Waals surface area contributed by atoms with E-state index in [1.165, 1.54) is 6.42 Å². The van der Waals surface area contributed by atoms with Gasteiger partial charge in [0.2, 0.25) is 11.8 Å². The Hall–Kier alpha value is -1.96. The van der Waals surface area contributed by atoms with Crippen LogP contribution in [0.25, 0.3) is 0 Å². The fourth-order valence-electron chi connectivity index (χ4n) is 3.72. The van der Waals surface area contributed by atoms with Gasteiger partial charge < -0.3 is 19.9 Å². The summed E-state index contributed by atoms with van der Waals surface area (Å²) >= 11 is 0. The number of aryl methyl sites for hydroxylation is 1. The number of aromatic nitrogens is 3. The summed E-state index contributed by atoms with van der Waals surface area (Å²) in [6.07, 6.45) is 10.1. The number of nitrogens with zero attached hydrogens (tertiary/aromatic N) is 3. The van der Waals surface area contributed by atoms with Crippen LogP contribution in [-0.2, 0) is 20.9 Å². The number of hydrogen-bond donors (Lipinski definition) is 2. The van der Waals surface area contributed by atoms with Gasteiger partial charge in [-0.15, -0.1) is 10.2 Å². The van der Waals surface area contributed by atoms with Crippen LogP contribution in [0.4, 0.5) is 0 Å². The number of amides is 2. The van der Waals surface area contributed by atoms with Crippen LogP contribution in [-0.4, -0.2) is 51.4 Å². The predicted molar refractivity (Wildman–Crippen MR) is 99.7 cm³/mol. The smallest absolute Gasteiger partial charge is 0.223 e. The van der Waals surface area contributed by atoms with E-state index in [1.807, 2.05) is 0 Å². The molecule has 2 N–H and O–H groups in total. The zero-order valence-electron chi connectivity index (χ0n) is 16.1. The number of nitrogens with one attached hydrogen (secondary N) is 2. The van der Waals surface area contributed by atoms with Crippen molar-refractivity contribution in [3.05, 3.63) is 12.7 Å². The van der Waals surface area contributed by atoms with Gasteiger partial charge in [0, 0.05) is 31.5 Å². The van der Waals surface area contributed by atoms with Crippen molar-refractivity contribution in [3.8, 4) is 0 Å². The first-order valence-electron chi connectivity index (χ1n) is 10.2. The lowest BCUT2D eigenvalue weighted by atomic mass is 9.82. The molecule has 0 aromatic carbocycles. The topological polar surface area (TPSA) is 98.1 Å². The van der Waals surface area contributed by atoms with Gasteiger partial charge in [0.05, 0.1) is 12.1 Å². The molecule has 1 aromatic rings. The third-order valence-corrected chi connectivity index (χ3v) is 5.56. The summed E-state index contributed by atoms with van der Waals surface area (Å²) in [6, 6.07) is 0.235. The van der Waals surface area contributed by atoms with E-state index in [9.17, 15) is 9.59 Å². The highest BCUT2D eigenvalue weighted by molar-refractivity contribution is 5.80. The van der Waals surface area contributed by atoms with Gasteiger partial charge in [-0.05, 0) is 44.9 Å². The highest BCUT2D eigenvalue weighted by Crippen LogP contribution is 2.28. The summed E-state index contributed by atoms with van der Waals surface area (Å²) in [7, 11) is 0. The van der Waals surface area contributed by atoms with Crippen molar-refractivity contribution < 1.29 is 14.3 Å². The monoisotopic (exact) mass is 377 g/mol. The molecule has 27 heavy (non-hydrogen) atoms. The molecule has 3 atom stereocenters. The molecule has 1 heterocycles. The highest BCUT2D eigenvalue weighted by Gasteiger charge is 2.36. The molecule has 2 amide bonds. The van der Waals surface area contributed by atoms with E-state index in [0.717, 1.165) is 32.1 Å². The Bertz CT molecular complexity index is 602. The summed E-state index contributed by atoms with van der Waals surface area (Å²) in [5, 5.41) is 13.7. The fourth-order valence-corrected chi connectivity index (χ4v) is 3.72. The Morgan fingerprint density at radius 3 is 2.59 bits per heavy atom. The average molecular weight is 377 g/mol. The van der Waals surface area contributed by atoms with Gasteiger partial charge in [-0.2, -0.15) is 0 Å². The van der Waals surface area contributed by atoms with Gasteiger partial charge in [0.25, 0.3) is 0 Å². The molecule has 8 heteroatoms. The SMILES string of the molecule is CCCO[C@@H]1CC[C@H](C(=O)NC2CCC2)C[C@H]1NC(=O)CCn1cnnc1. The van der Waals surface area contributed by atoms with Gasteiger partial charge in [-0.25, -0.2) is 0 Å². The molecule has 2 aliphatic carbocycles. The van der Waals surface area contributed by atoms with Crippen molar-refractivity contribution in [1.29, 1.82) is 0 Å². The standard InChI is InChI=1S/C19H31N5O3/c1-2-10-27-17-7-6-14(19(26)22-15-4-3-5-15)11-16(17)23-18(25)8-9-24-12-20-21-13-24/h12-17H,2-11H2,1H3,(H,22,26)(H,23,25)/t14-,16+,17+/m0/s1. The summed E-state index contributed by atoms with van der Waals surface area (Å²) < 4.78 is 7.74. The first-order chi connectivity index (χ1) is 13.2. The molecule has 2 saturated carbocycles. The van der Waals surface area contributed by atoms with Crippen LogP contribution in [0.3, 0.4) is 0 Å². The lowest BCUT2D eigenvalue weighted by molar-refractivity contribution is -0.131. The Morgan fingerprint density at radius 2 is 1.93 bits per heavy atom. The van der Waals surface area contributed by atoms with E-state index in [1.54, 1.807) is 17.2 Å². The molecule has 0 unspecified atom stereocenters. The maximum atomic E-state index is 12.6. The van der Waals surface area contributed by atoms with Gasteiger partial charge in [-0.1, -0.05) is 6.92 Å². The number of carbonyl (C=O) groups is 2. The first-order valence-corrected chi connectivity index (χ1v) is 10.2. The molecular formula is C19H31N5O3. The maximum absolute atomic E-state index is 12.6. The predicted octanol–water partition coefficient (Wildman–Crippen LogP) is 1.42. The van der Waals surface area contributed by atoms with Gasteiger partial charge in [-0.3, -0.25) is 9.59 Å². The van der Waals surface area contributed by atoms with Crippen LogP contribution in [0, 0.1) is 5.92 Å². The van der Waals surface area contributed by atoms with Crippen LogP contribution >= 0.6 is 0 Å². The molecule has 8 nitrogen and oxygen atoms in total. The van der Waals surface area contributed by atoms with Crippen molar-refractivity contribution >= 4 is 11.8 Å². The molecule has 3 rings (SSSR count). The van der Waals surface area contributed by atoms with Gasteiger partial charge in [0.1, 0.15) is 12.7 Å². The fraction of sp³-hybridized carbons (Fsp3) is 0.789. The van der Waals surface area contributed by atoms with E-state index in [2.05, 4.69) is 27.8 Å². The van der Waals surface area contributed by atoms with E-state index >= 15 is 0 Å². The lowest BCUT2D eigenvalue weighted by Gasteiger charge is -2.37. The normalized spacial score (nSPS) is 25.6. The van der Waals surface area contributed by atoms with E-state index in [4.69, 9.17) is 4.74 Å². The molecule has 0 radical (unpaired) electrons. The van der Waals surface area contributed by atoms with E-state index in [0.29, 0.717) is 32.0 Å². The second kappa shape index (κ2) is 9.82. The minimum Gasteiger partial charge on any atom is -0.376 e. The third kappa shape index (κ3) is 5.76. The molecule has 0 saturated heterocycles. The number of carbonyl (C=O) groups excluding carboxylic acids is 2. The van der Waals surface area contributed by atoms with Crippen molar-refractivity contribution in [2.75, 3.05) is 6.61 Å². The zero-order chi connectivity index (χ0) is 19.1. The summed E-state index contributed by atoms with van der Waals surface area (Å²) in [5.41, 5.74) is 0. The molecule has 0 spiro atoms.